The number of ether oxygens (including phenoxy) is 1. The van der Waals surface area contributed by atoms with Crippen molar-refractivity contribution in [3.8, 4) is 11.4 Å². The van der Waals surface area contributed by atoms with Crippen LogP contribution < -0.4 is 10.1 Å². The van der Waals surface area contributed by atoms with Crippen LogP contribution in [0.1, 0.15) is 5.56 Å². The number of nitrogens with zero attached hydrogens (tertiary/aromatic N) is 5. The molecule has 0 saturated heterocycles. The molecule has 1 N–H and O–H groups in total. The van der Waals surface area contributed by atoms with Crippen LogP contribution in [0.2, 0.25) is 0 Å². The van der Waals surface area contributed by atoms with E-state index in [2.05, 4.69) is 31.7 Å². The fourth-order valence-corrected chi connectivity index (χ4v) is 2.70. The van der Waals surface area contributed by atoms with Gasteiger partial charge < -0.3 is 10.1 Å². The minimum Gasteiger partial charge on any atom is -0.497 e. The summed E-state index contributed by atoms with van der Waals surface area (Å²) in [5.41, 5.74) is 3.44. The van der Waals surface area contributed by atoms with Gasteiger partial charge in [-0.25, -0.2) is 4.98 Å². The number of fused-ring (bicyclic) bond motifs is 1. The van der Waals surface area contributed by atoms with E-state index in [4.69, 9.17) is 4.74 Å². The predicted octanol–water partition coefficient (Wildman–Crippen LogP) is 2.87. The van der Waals surface area contributed by atoms with Gasteiger partial charge in [-0.1, -0.05) is 35.5 Å². The molecule has 7 nitrogen and oxygen atoms in total. The van der Waals surface area contributed by atoms with E-state index in [1.165, 1.54) is 5.56 Å². The molecule has 0 aliphatic heterocycles. The summed E-state index contributed by atoms with van der Waals surface area (Å²) in [5, 5.41) is 11.6. The normalized spacial score (nSPS) is 10.8. The number of aromatic nitrogens is 5. The van der Waals surface area contributed by atoms with Gasteiger partial charge in [0.2, 0.25) is 5.95 Å². The number of hydrogen-bond donors (Lipinski definition) is 1. The van der Waals surface area contributed by atoms with Crippen LogP contribution in [0.4, 0.5) is 5.95 Å². The van der Waals surface area contributed by atoms with Gasteiger partial charge in [-0.15, -0.1) is 5.10 Å². The molecule has 4 rings (SSSR count). The molecule has 2 aromatic carbocycles. The first-order valence-electron chi connectivity index (χ1n) is 8.34. The maximum absolute atomic E-state index is 5.25. The molecule has 0 radical (unpaired) electrons. The lowest BCUT2D eigenvalue weighted by Gasteiger charge is -2.07. The molecule has 0 aliphatic carbocycles. The molecule has 0 unspecified atom stereocenters. The molecule has 130 valence electrons. The summed E-state index contributed by atoms with van der Waals surface area (Å²) in [6, 6.07) is 17.8. The topological polar surface area (TPSA) is 77.8 Å². The quantitative estimate of drug-likeness (QED) is 0.578. The minimum absolute atomic E-state index is 0.555. The van der Waals surface area contributed by atoms with Crippen LogP contribution in [0.3, 0.4) is 0 Å². The zero-order valence-electron chi connectivity index (χ0n) is 14.3. The lowest BCUT2D eigenvalue weighted by atomic mass is 10.1. The number of rotatable bonds is 6. The van der Waals surface area contributed by atoms with Crippen molar-refractivity contribution in [1.82, 2.24) is 25.0 Å². The third kappa shape index (κ3) is 3.32. The van der Waals surface area contributed by atoms with Gasteiger partial charge >= 0.3 is 0 Å². The molecule has 0 spiro atoms. The van der Waals surface area contributed by atoms with E-state index in [-0.39, 0.29) is 0 Å². The Bertz CT molecular complexity index is 1010. The molecule has 4 aromatic rings. The Hall–Kier alpha value is -3.48. The molecule has 2 heterocycles. The molecule has 0 atom stereocenters. The highest BCUT2D eigenvalue weighted by Crippen LogP contribution is 2.16. The standard InChI is InChI=1S/C19H18N6O/c1-26-16-9-5-6-14(12-16)10-11-20-19-21-13-17-18(22-19)25(24-23-17)15-7-3-2-4-8-15/h2-9,12-13H,10-11H2,1H3,(H,20,21,22). The lowest BCUT2D eigenvalue weighted by molar-refractivity contribution is 0.414. The van der Waals surface area contributed by atoms with E-state index in [0.717, 1.165) is 17.9 Å². The van der Waals surface area contributed by atoms with Crippen LogP contribution in [-0.4, -0.2) is 38.6 Å². The van der Waals surface area contributed by atoms with Crippen molar-refractivity contribution in [2.75, 3.05) is 19.0 Å². The summed E-state index contributed by atoms with van der Waals surface area (Å²) < 4.78 is 6.96. The van der Waals surface area contributed by atoms with Crippen molar-refractivity contribution < 1.29 is 4.74 Å². The van der Waals surface area contributed by atoms with Gasteiger partial charge in [-0.2, -0.15) is 9.67 Å². The van der Waals surface area contributed by atoms with E-state index in [9.17, 15) is 0 Å². The lowest BCUT2D eigenvalue weighted by Crippen LogP contribution is -2.08. The molecular formula is C19H18N6O. The number of benzene rings is 2. The van der Waals surface area contributed by atoms with Crippen molar-refractivity contribution in [3.63, 3.8) is 0 Å². The summed E-state index contributed by atoms with van der Waals surface area (Å²) >= 11 is 0. The molecule has 26 heavy (non-hydrogen) atoms. The summed E-state index contributed by atoms with van der Waals surface area (Å²) in [7, 11) is 1.67. The van der Waals surface area contributed by atoms with E-state index < -0.39 is 0 Å². The summed E-state index contributed by atoms with van der Waals surface area (Å²) in [4.78, 5) is 8.88. The highest BCUT2D eigenvalue weighted by Gasteiger charge is 2.09. The van der Waals surface area contributed by atoms with Crippen molar-refractivity contribution >= 4 is 17.1 Å². The second-order valence-electron chi connectivity index (χ2n) is 5.77. The molecule has 2 aromatic heterocycles. The van der Waals surface area contributed by atoms with E-state index in [0.29, 0.717) is 23.7 Å². The van der Waals surface area contributed by atoms with Gasteiger partial charge in [0, 0.05) is 6.54 Å². The molecule has 0 saturated carbocycles. The molecular weight excluding hydrogens is 328 g/mol. The number of anilines is 1. The molecule has 0 fully saturated rings. The Morgan fingerprint density at radius 3 is 2.81 bits per heavy atom. The van der Waals surface area contributed by atoms with Gasteiger partial charge in [0.1, 0.15) is 5.75 Å². The zero-order valence-corrected chi connectivity index (χ0v) is 14.3. The van der Waals surface area contributed by atoms with Crippen LogP contribution in [0, 0.1) is 0 Å². The van der Waals surface area contributed by atoms with Crippen LogP contribution in [0.25, 0.3) is 16.9 Å². The zero-order chi connectivity index (χ0) is 17.8. The van der Waals surface area contributed by atoms with Crippen LogP contribution in [0.5, 0.6) is 5.75 Å². The SMILES string of the molecule is COc1cccc(CCNc2ncc3nnn(-c4ccccc4)c3n2)c1. The Labute approximate surface area is 150 Å². The smallest absolute Gasteiger partial charge is 0.224 e. The summed E-state index contributed by atoms with van der Waals surface area (Å²) in [6.45, 7) is 0.714. The third-order valence-corrected chi connectivity index (χ3v) is 4.02. The van der Waals surface area contributed by atoms with E-state index in [1.807, 2.05) is 48.5 Å². The maximum atomic E-state index is 5.25. The molecule has 0 aliphatic rings. The van der Waals surface area contributed by atoms with Gasteiger partial charge in [0.05, 0.1) is 19.0 Å². The first kappa shape index (κ1) is 16.0. The number of nitrogens with one attached hydrogen (secondary N) is 1. The highest BCUT2D eigenvalue weighted by molar-refractivity contribution is 5.71. The molecule has 0 bridgehead atoms. The average Bonchev–Trinajstić information content (AvgIpc) is 3.12. The molecule has 0 amide bonds. The first-order valence-corrected chi connectivity index (χ1v) is 8.34. The Balaban J connectivity index is 1.50. The third-order valence-electron chi connectivity index (χ3n) is 4.02. The van der Waals surface area contributed by atoms with Crippen LogP contribution in [0.15, 0.2) is 60.8 Å². The van der Waals surface area contributed by atoms with Crippen LogP contribution >= 0.6 is 0 Å². The van der Waals surface area contributed by atoms with Crippen molar-refractivity contribution in [3.05, 3.63) is 66.4 Å². The fraction of sp³-hybridized carbons (Fsp3) is 0.158. The van der Waals surface area contributed by atoms with Gasteiger partial charge in [-0.05, 0) is 36.2 Å². The van der Waals surface area contributed by atoms with Gasteiger partial charge in [-0.3, -0.25) is 0 Å². The number of methoxy groups -OCH3 is 1. The Morgan fingerprint density at radius 1 is 1.08 bits per heavy atom. The number of hydrogen-bond acceptors (Lipinski definition) is 6. The molecule has 7 heteroatoms. The minimum atomic E-state index is 0.555. The largest absolute Gasteiger partial charge is 0.497 e. The summed E-state index contributed by atoms with van der Waals surface area (Å²) in [5.74, 6) is 1.41. The van der Waals surface area contributed by atoms with Gasteiger partial charge in [0.15, 0.2) is 11.2 Å². The van der Waals surface area contributed by atoms with Crippen molar-refractivity contribution in [2.24, 2.45) is 0 Å². The van der Waals surface area contributed by atoms with Crippen LogP contribution in [-0.2, 0) is 6.42 Å². The highest BCUT2D eigenvalue weighted by atomic mass is 16.5. The second-order valence-corrected chi connectivity index (χ2v) is 5.77. The predicted molar refractivity (Wildman–Crippen MR) is 99.6 cm³/mol. The maximum Gasteiger partial charge on any atom is 0.224 e. The summed E-state index contributed by atoms with van der Waals surface area (Å²) in [6.07, 6.45) is 2.53. The van der Waals surface area contributed by atoms with Crippen molar-refractivity contribution in [1.29, 1.82) is 0 Å². The Morgan fingerprint density at radius 2 is 1.96 bits per heavy atom. The first-order chi connectivity index (χ1) is 12.8. The number of para-hydroxylation sites is 1. The Kier molecular flexibility index (Phi) is 4.42. The monoisotopic (exact) mass is 346 g/mol. The van der Waals surface area contributed by atoms with E-state index in [1.54, 1.807) is 18.0 Å². The van der Waals surface area contributed by atoms with Gasteiger partial charge in [0.25, 0.3) is 0 Å². The van der Waals surface area contributed by atoms with E-state index >= 15 is 0 Å². The van der Waals surface area contributed by atoms with Crippen molar-refractivity contribution in [2.45, 2.75) is 6.42 Å². The average molecular weight is 346 g/mol. The fourth-order valence-electron chi connectivity index (χ4n) is 2.70. The second kappa shape index (κ2) is 7.18.